The fourth-order valence-electron chi connectivity index (χ4n) is 3.17. The largest absolute Gasteiger partial charge is 0.330 e. The van der Waals surface area contributed by atoms with E-state index in [1.54, 1.807) is 0 Å². The first kappa shape index (κ1) is 18.2. The van der Waals surface area contributed by atoms with Gasteiger partial charge in [-0.3, -0.25) is 44.6 Å². The lowest BCUT2D eigenvalue weighted by atomic mass is 9.73. The Morgan fingerprint density at radius 3 is 1.63 bits per heavy atom. The van der Waals surface area contributed by atoms with Crippen molar-refractivity contribution < 1.29 is 28.8 Å². The van der Waals surface area contributed by atoms with Crippen LogP contribution in [-0.2, 0) is 19.2 Å². The van der Waals surface area contributed by atoms with Gasteiger partial charge in [0.1, 0.15) is 11.8 Å². The number of nitrogens with zero attached hydrogens (tertiary/aromatic N) is 3. The van der Waals surface area contributed by atoms with Gasteiger partial charge in [0.2, 0.25) is 23.6 Å². The van der Waals surface area contributed by atoms with Crippen molar-refractivity contribution in [3.63, 3.8) is 0 Å². The molecule has 2 saturated heterocycles. The van der Waals surface area contributed by atoms with Crippen molar-refractivity contribution in [3.05, 3.63) is 30.1 Å². The second-order valence-corrected chi connectivity index (χ2v) is 6.14. The third-order valence-corrected chi connectivity index (χ3v) is 4.64. The molecule has 0 aromatic carbocycles. The van der Waals surface area contributed by atoms with Crippen LogP contribution in [0.15, 0.2) is 24.5 Å². The zero-order valence-corrected chi connectivity index (χ0v) is 14.3. The molecular formula is C16H15N5O6. The van der Waals surface area contributed by atoms with Gasteiger partial charge in [0.25, 0.3) is 0 Å². The van der Waals surface area contributed by atoms with E-state index >= 15 is 0 Å². The summed E-state index contributed by atoms with van der Waals surface area (Å²) in [6, 6.07) is 1.11. The molecule has 27 heavy (non-hydrogen) atoms. The fourth-order valence-corrected chi connectivity index (χ4v) is 3.17. The van der Waals surface area contributed by atoms with E-state index in [9.17, 15) is 28.8 Å². The number of barbiturate groups is 2. The maximum atomic E-state index is 12.7. The molecule has 8 amide bonds. The lowest BCUT2D eigenvalue weighted by Gasteiger charge is -2.38. The standard InChI is InChI=1S/C16H15N5O6/c1-20-13(24)9(11(22)18-15(20)26)8(7-3-5-17-6-4-7)10-12(23)19-16(27)21(2)14(10)25/h3-6,8-10H,1-2H3,(H,18,22,26)(H,19,23,27). The van der Waals surface area contributed by atoms with Crippen LogP contribution in [0.25, 0.3) is 0 Å². The van der Waals surface area contributed by atoms with E-state index in [1.807, 2.05) is 10.6 Å². The van der Waals surface area contributed by atoms with Crippen LogP contribution in [0.1, 0.15) is 11.5 Å². The monoisotopic (exact) mass is 373 g/mol. The Labute approximate surface area is 152 Å². The molecule has 0 spiro atoms. The van der Waals surface area contributed by atoms with Gasteiger partial charge >= 0.3 is 12.1 Å². The predicted octanol–water partition coefficient (Wildman–Crippen LogP) is -1.19. The summed E-state index contributed by atoms with van der Waals surface area (Å²) in [4.78, 5) is 78.9. The highest BCUT2D eigenvalue weighted by Crippen LogP contribution is 2.37. The van der Waals surface area contributed by atoms with Crippen molar-refractivity contribution >= 4 is 35.7 Å². The Morgan fingerprint density at radius 2 is 1.22 bits per heavy atom. The van der Waals surface area contributed by atoms with E-state index in [0.717, 1.165) is 0 Å². The maximum Gasteiger partial charge on any atom is 0.330 e. The van der Waals surface area contributed by atoms with Crippen molar-refractivity contribution in [1.29, 1.82) is 0 Å². The molecule has 0 radical (unpaired) electrons. The molecule has 2 aliphatic rings. The molecule has 1 aromatic rings. The van der Waals surface area contributed by atoms with Crippen LogP contribution < -0.4 is 10.6 Å². The molecule has 2 fully saturated rings. The van der Waals surface area contributed by atoms with Crippen LogP contribution in [0.4, 0.5) is 9.59 Å². The molecular weight excluding hydrogens is 358 g/mol. The van der Waals surface area contributed by atoms with Crippen LogP contribution in [0.5, 0.6) is 0 Å². The minimum atomic E-state index is -1.52. The lowest BCUT2D eigenvalue weighted by molar-refractivity contribution is -0.147. The third kappa shape index (κ3) is 2.92. The van der Waals surface area contributed by atoms with Gasteiger partial charge in [-0.1, -0.05) is 0 Å². The van der Waals surface area contributed by atoms with Crippen molar-refractivity contribution in [3.8, 4) is 0 Å². The van der Waals surface area contributed by atoms with E-state index in [4.69, 9.17) is 0 Å². The zero-order valence-electron chi connectivity index (χ0n) is 14.3. The molecule has 3 heterocycles. The number of pyridine rings is 1. The number of nitrogens with one attached hydrogen (secondary N) is 2. The van der Waals surface area contributed by atoms with Crippen molar-refractivity contribution in [2.45, 2.75) is 5.92 Å². The van der Waals surface area contributed by atoms with Crippen LogP contribution in [0, 0.1) is 11.8 Å². The SMILES string of the molecule is CN1C(=O)NC(=O)C(C(c2ccncc2)C2C(=O)NC(=O)N(C)C2=O)C1=O. The Hall–Kier alpha value is -3.63. The summed E-state index contributed by atoms with van der Waals surface area (Å²) in [6.07, 6.45) is 2.75. The Kier molecular flexibility index (Phi) is 4.44. The molecule has 0 bridgehead atoms. The van der Waals surface area contributed by atoms with Crippen LogP contribution >= 0.6 is 0 Å². The number of aromatic nitrogens is 1. The second-order valence-electron chi connectivity index (χ2n) is 6.14. The minimum absolute atomic E-state index is 0.317. The first-order chi connectivity index (χ1) is 12.7. The summed E-state index contributed by atoms with van der Waals surface area (Å²) in [6.45, 7) is 0. The van der Waals surface area contributed by atoms with E-state index in [-0.39, 0.29) is 0 Å². The maximum absolute atomic E-state index is 12.7. The molecule has 140 valence electrons. The van der Waals surface area contributed by atoms with Gasteiger partial charge in [0, 0.05) is 32.4 Å². The average molecular weight is 373 g/mol. The predicted molar refractivity (Wildman–Crippen MR) is 86.6 cm³/mol. The number of carbonyl (C=O) groups is 6. The van der Waals surface area contributed by atoms with Crippen LogP contribution in [0.3, 0.4) is 0 Å². The van der Waals surface area contributed by atoms with Gasteiger partial charge in [-0.2, -0.15) is 0 Å². The molecule has 2 atom stereocenters. The third-order valence-electron chi connectivity index (χ3n) is 4.64. The Bertz CT molecular complexity index is 817. The summed E-state index contributed by atoms with van der Waals surface area (Å²) in [7, 11) is 2.36. The lowest BCUT2D eigenvalue weighted by Crippen LogP contribution is -2.63. The van der Waals surface area contributed by atoms with E-state index in [0.29, 0.717) is 15.4 Å². The van der Waals surface area contributed by atoms with Crippen molar-refractivity contribution in [2.24, 2.45) is 11.8 Å². The topological polar surface area (TPSA) is 146 Å². The Morgan fingerprint density at radius 1 is 0.815 bits per heavy atom. The number of imide groups is 4. The van der Waals surface area contributed by atoms with E-state index < -0.39 is 53.4 Å². The minimum Gasteiger partial charge on any atom is -0.277 e. The number of hydrogen-bond donors (Lipinski definition) is 2. The summed E-state index contributed by atoms with van der Waals surface area (Å²) in [5, 5.41) is 4.07. The van der Waals surface area contributed by atoms with Crippen LogP contribution in [-0.4, -0.2) is 64.6 Å². The Balaban J connectivity index is 2.13. The summed E-state index contributed by atoms with van der Waals surface area (Å²) in [5.41, 5.74) is 0.317. The van der Waals surface area contributed by atoms with Crippen molar-refractivity contribution in [2.75, 3.05) is 14.1 Å². The average Bonchev–Trinajstić information content (AvgIpc) is 2.64. The highest BCUT2D eigenvalue weighted by atomic mass is 16.2. The number of amides is 8. The normalized spacial score (nSPS) is 24.7. The van der Waals surface area contributed by atoms with Gasteiger partial charge in [0.05, 0.1) is 0 Å². The number of carbonyl (C=O) groups excluding carboxylic acids is 6. The molecule has 11 heteroatoms. The van der Waals surface area contributed by atoms with Gasteiger partial charge in [-0.05, 0) is 17.7 Å². The van der Waals surface area contributed by atoms with E-state index in [2.05, 4.69) is 4.98 Å². The van der Waals surface area contributed by atoms with Crippen molar-refractivity contribution in [1.82, 2.24) is 25.4 Å². The molecule has 0 saturated carbocycles. The van der Waals surface area contributed by atoms with E-state index in [1.165, 1.54) is 38.6 Å². The number of hydrogen-bond acceptors (Lipinski definition) is 7. The fraction of sp³-hybridized carbons (Fsp3) is 0.312. The molecule has 11 nitrogen and oxygen atoms in total. The van der Waals surface area contributed by atoms with Gasteiger partial charge in [-0.25, -0.2) is 9.59 Å². The molecule has 2 aliphatic heterocycles. The molecule has 0 aliphatic carbocycles. The first-order valence-corrected chi connectivity index (χ1v) is 7.88. The summed E-state index contributed by atoms with van der Waals surface area (Å²) in [5.74, 6) is -7.83. The highest BCUT2D eigenvalue weighted by molar-refractivity contribution is 6.20. The quantitative estimate of drug-likeness (QED) is 0.634. The summed E-state index contributed by atoms with van der Waals surface area (Å²) < 4.78 is 0. The molecule has 1 aromatic heterocycles. The second kappa shape index (κ2) is 6.59. The molecule has 2 unspecified atom stereocenters. The highest BCUT2D eigenvalue weighted by Gasteiger charge is 2.53. The zero-order chi connectivity index (χ0) is 19.9. The summed E-state index contributed by atoms with van der Waals surface area (Å²) >= 11 is 0. The first-order valence-electron chi connectivity index (χ1n) is 7.88. The van der Waals surface area contributed by atoms with Gasteiger partial charge in [0.15, 0.2) is 0 Å². The molecule has 2 N–H and O–H groups in total. The smallest absolute Gasteiger partial charge is 0.277 e. The van der Waals surface area contributed by atoms with Gasteiger partial charge < -0.3 is 0 Å². The molecule has 3 rings (SSSR count). The number of urea groups is 2. The number of rotatable bonds is 3. The van der Waals surface area contributed by atoms with Crippen LogP contribution in [0.2, 0.25) is 0 Å². The van der Waals surface area contributed by atoms with Gasteiger partial charge in [-0.15, -0.1) is 0 Å².